The molecule has 2 aromatic rings. The van der Waals surface area contributed by atoms with E-state index in [1.165, 1.54) is 12.1 Å². The largest absolute Gasteiger partial charge is 0.277 e. The topological polar surface area (TPSA) is 75.3 Å². The van der Waals surface area contributed by atoms with Gasteiger partial charge in [0.05, 0.1) is 11.3 Å². The molecule has 0 atom stereocenters. The van der Waals surface area contributed by atoms with Gasteiger partial charge < -0.3 is 0 Å². The summed E-state index contributed by atoms with van der Waals surface area (Å²) >= 11 is 5.74. The van der Waals surface area contributed by atoms with Crippen molar-refractivity contribution in [2.24, 2.45) is 0 Å². The molecule has 0 aliphatic carbocycles. The van der Waals surface area contributed by atoms with Crippen LogP contribution in [0.5, 0.6) is 0 Å². The molecule has 0 fully saturated rings. The maximum atomic E-state index is 11.9. The van der Waals surface area contributed by atoms with Crippen LogP contribution in [0.25, 0.3) is 0 Å². The summed E-state index contributed by atoms with van der Waals surface area (Å²) in [5, 5.41) is 0.573. The standard InChI is InChI=1S/C14H13ClN2O3S/c15-12-8-6-11(7-9-12)10-14(18)16-17-21(19,20)13-4-2-1-3-5-13/h1-9,17H,10H2,(H,16,18). The number of amides is 1. The van der Waals surface area contributed by atoms with E-state index in [4.69, 9.17) is 11.6 Å². The number of rotatable bonds is 5. The predicted octanol–water partition coefficient (Wildman–Crippen LogP) is 1.89. The van der Waals surface area contributed by atoms with Gasteiger partial charge in [0.15, 0.2) is 0 Å². The minimum Gasteiger partial charge on any atom is -0.277 e. The summed E-state index contributed by atoms with van der Waals surface area (Å²) in [6.07, 6.45) is 0.0501. The maximum Gasteiger partial charge on any atom is 0.257 e. The lowest BCUT2D eigenvalue weighted by Gasteiger charge is -2.08. The summed E-state index contributed by atoms with van der Waals surface area (Å²) in [6.45, 7) is 0. The van der Waals surface area contributed by atoms with Crippen molar-refractivity contribution in [1.29, 1.82) is 0 Å². The van der Waals surface area contributed by atoms with Gasteiger partial charge in [-0.1, -0.05) is 41.9 Å². The molecule has 2 N–H and O–H groups in total. The van der Waals surface area contributed by atoms with Crippen LogP contribution in [0, 0.1) is 0 Å². The fourth-order valence-corrected chi connectivity index (χ4v) is 2.62. The molecule has 0 aliphatic heterocycles. The Morgan fingerprint density at radius 1 is 1.00 bits per heavy atom. The van der Waals surface area contributed by atoms with E-state index < -0.39 is 15.9 Å². The lowest BCUT2D eigenvalue weighted by molar-refractivity contribution is -0.120. The number of halogens is 1. The van der Waals surface area contributed by atoms with Gasteiger partial charge in [-0.15, -0.1) is 4.83 Å². The first-order valence-electron chi connectivity index (χ1n) is 6.07. The van der Waals surface area contributed by atoms with E-state index in [9.17, 15) is 13.2 Å². The van der Waals surface area contributed by atoms with Gasteiger partial charge in [-0.3, -0.25) is 10.2 Å². The number of nitrogens with one attached hydrogen (secondary N) is 2. The molecule has 0 aromatic heterocycles. The van der Waals surface area contributed by atoms with Crippen molar-refractivity contribution in [1.82, 2.24) is 10.3 Å². The molecule has 0 unspecified atom stereocenters. The number of hydrazine groups is 1. The molecule has 21 heavy (non-hydrogen) atoms. The molecule has 0 radical (unpaired) electrons. The smallest absolute Gasteiger partial charge is 0.257 e. The molecule has 1 amide bonds. The zero-order valence-electron chi connectivity index (χ0n) is 10.9. The van der Waals surface area contributed by atoms with E-state index >= 15 is 0 Å². The van der Waals surface area contributed by atoms with Crippen LogP contribution >= 0.6 is 11.6 Å². The van der Waals surface area contributed by atoms with Crippen LogP contribution in [-0.4, -0.2) is 14.3 Å². The molecule has 0 heterocycles. The molecule has 110 valence electrons. The summed E-state index contributed by atoms with van der Waals surface area (Å²) in [7, 11) is -3.76. The van der Waals surface area contributed by atoms with Crippen molar-refractivity contribution in [3.63, 3.8) is 0 Å². The van der Waals surface area contributed by atoms with Crippen molar-refractivity contribution < 1.29 is 13.2 Å². The Hall–Kier alpha value is -1.89. The first kappa shape index (κ1) is 15.5. The minimum atomic E-state index is -3.76. The first-order chi connectivity index (χ1) is 9.97. The van der Waals surface area contributed by atoms with Crippen molar-refractivity contribution in [2.45, 2.75) is 11.3 Å². The maximum absolute atomic E-state index is 11.9. The van der Waals surface area contributed by atoms with Crippen molar-refractivity contribution in [2.75, 3.05) is 0 Å². The highest BCUT2D eigenvalue weighted by molar-refractivity contribution is 7.89. The zero-order valence-corrected chi connectivity index (χ0v) is 12.5. The van der Waals surface area contributed by atoms with Crippen LogP contribution in [0.15, 0.2) is 59.5 Å². The van der Waals surface area contributed by atoms with Crippen LogP contribution in [0.2, 0.25) is 5.02 Å². The van der Waals surface area contributed by atoms with Crippen LogP contribution in [0.4, 0.5) is 0 Å². The molecule has 0 saturated heterocycles. The first-order valence-corrected chi connectivity index (χ1v) is 7.93. The van der Waals surface area contributed by atoms with E-state index in [-0.39, 0.29) is 11.3 Å². The third kappa shape index (κ3) is 4.56. The van der Waals surface area contributed by atoms with E-state index in [0.29, 0.717) is 5.02 Å². The van der Waals surface area contributed by atoms with E-state index in [1.807, 2.05) is 0 Å². The zero-order chi connectivity index (χ0) is 15.3. The number of carbonyl (C=O) groups is 1. The number of carbonyl (C=O) groups excluding carboxylic acids is 1. The lowest BCUT2D eigenvalue weighted by atomic mass is 10.1. The highest BCUT2D eigenvalue weighted by atomic mass is 35.5. The van der Waals surface area contributed by atoms with Gasteiger partial charge in [-0.25, -0.2) is 8.42 Å². The normalized spacial score (nSPS) is 11.1. The third-order valence-electron chi connectivity index (χ3n) is 2.66. The number of hydrogen-bond donors (Lipinski definition) is 2. The predicted molar refractivity (Wildman–Crippen MR) is 80.1 cm³/mol. The third-order valence-corrected chi connectivity index (χ3v) is 4.17. The molecule has 0 saturated carbocycles. The highest BCUT2D eigenvalue weighted by Crippen LogP contribution is 2.10. The Bertz CT molecular complexity index is 716. The van der Waals surface area contributed by atoms with Crippen molar-refractivity contribution >= 4 is 27.5 Å². The molecule has 2 aromatic carbocycles. The second-order valence-electron chi connectivity index (χ2n) is 4.27. The number of hydrogen-bond acceptors (Lipinski definition) is 3. The van der Waals surface area contributed by atoms with Crippen molar-refractivity contribution in [3.05, 3.63) is 65.2 Å². The van der Waals surface area contributed by atoms with Gasteiger partial charge in [0.2, 0.25) is 5.91 Å². The van der Waals surface area contributed by atoms with Crippen LogP contribution in [-0.2, 0) is 21.2 Å². The van der Waals surface area contributed by atoms with Gasteiger partial charge in [0, 0.05) is 5.02 Å². The fraction of sp³-hybridized carbons (Fsp3) is 0.0714. The highest BCUT2D eigenvalue weighted by Gasteiger charge is 2.14. The minimum absolute atomic E-state index is 0.0501. The Balaban J connectivity index is 1.93. The average molecular weight is 325 g/mol. The second kappa shape index (κ2) is 6.71. The molecule has 0 spiro atoms. The van der Waals surface area contributed by atoms with Gasteiger partial charge >= 0.3 is 0 Å². The Labute approximate surface area is 128 Å². The molecular formula is C14H13ClN2O3S. The van der Waals surface area contributed by atoms with Crippen LogP contribution in [0.3, 0.4) is 0 Å². The van der Waals surface area contributed by atoms with Gasteiger partial charge in [0.25, 0.3) is 10.0 Å². The molecular weight excluding hydrogens is 312 g/mol. The SMILES string of the molecule is O=C(Cc1ccc(Cl)cc1)NNS(=O)(=O)c1ccccc1. The monoisotopic (exact) mass is 324 g/mol. The number of sulfonamides is 1. The Morgan fingerprint density at radius 3 is 2.24 bits per heavy atom. The van der Waals surface area contributed by atoms with Crippen LogP contribution in [0.1, 0.15) is 5.56 Å². The average Bonchev–Trinajstić information content (AvgIpc) is 2.49. The van der Waals surface area contributed by atoms with Gasteiger partial charge in [-0.05, 0) is 29.8 Å². The molecule has 2 rings (SSSR count). The lowest BCUT2D eigenvalue weighted by Crippen LogP contribution is -2.42. The summed E-state index contributed by atoms with van der Waals surface area (Å²) in [5.41, 5.74) is 2.91. The van der Waals surface area contributed by atoms with E-state index in [1.54, 1.807) is 42.5 Å². The molecule has 0 bridgehead atoms. The summed E-state index contributed by atoms with van der Waals surface area (Å²) in [5.74, 6) is -0.461. The summed E-state index contributed by atoms with van der Waals surface area (Å²) in [4.78, 5) is 13.8. The molecule has 7 heteroatoms. The fourth-order valence-electron chi connectivity index (χ4n) is 1.61. The summed E-state index contributed by atoms with van der Waals surface area (Å²) in [6, 6.07) is 14.5. The molecule has 0 aliphatic rings. The van der Waals surface area contributed by atoms with Crippen LogP contribution < -0.4 is 10.3 Å². The van der Waals surface area contributed by atoms with Gasteiger partial charge in [-0.2, -0.15) is 0 Å². The summed E-state index contributed by atoms with van der Waals surface area (Å²) < 4.78 is 23.8. The number of benzene rings is 2. The quantitative estimate of drug-likeness (QED) is 0.825. The Kier molecular flexibility index (Phi) is 4.95. The second-order valence-corrected chi connectivity index (χ2v) is 6.39. The van der Waals surface area contributed by atoms with Crippen molar-refractivity contribution in [3.8, 4) is 0 Å². The van der Waals surface area contributed by atoms with Gasteiger partial charge in [0.1, 0.15) is 0 Å². The Morgan fingerprint density at radius 2 is 1.62 bits per heavy atom. The van der Waals surface area contributed by atoms with E-state index in [2.05, 4.69) is 10.3 Å². The van der Waals surface area contributed by atoms with E-state index in [0.717, 1.165) is 5.56 Å². The molecule has 5 nitrogen and oxygen atoms in total.